The molecule has 0 spiro atoms. The number of sulfonamides is 1. The van der Waals surface area contributed by atoms with Crippen molar-refractivity contribution in [2.45, 2.75) is 62.4 Å². The van der Waals surface area contributed by atoms with Crippen molar-refractivity contribution < 1.29 is 8.42 Å². The Morgan fingerprint density at radius 1 is 0.889 bits per heavy atom. The molecule has 0 saturated carbocycles. The number of hydrogen-bond acceptors (Lipinski definition) is 3. The Morgan fingerprint density at radius 3 is 2.41 bits per heavy atom. The molecule has 0 amide bonds. The molecule has 0 N–H and O–H groups in total. The molecule has 4 rings (SSSR count). The van der Waals surface area contributed by atoms with Gasteiger partial charge in [0.15, 0.2) is 0 Å². The zero-order valence-electron chi connectivity index (χ0n) is 16.2. The van der Waals surface area contributed by atoms with Crippen LogP contribution in [0.4, 0.5) is 0 Å². The van der Waals surface area contributed by atoms with Gasteiger partial charge in [0, 0.05) is 24.0 Å². The summed E-state index contributed by atoms with van der Waals surface area (Å²) in [6, 6.07) is 13.8. The highest BCUT2D eigenvalue weighted by atomic mass is 32.2. The normalized spacial score (nSPS) is 24.1. The van der Waals surface area contributed by atoms with E-state index in [1.54, 1.807) is 6.07 Å². The molecule has 0 aromatic heterocycles. The molecule has 4 nitrogen and oxygen atoms in total. The summed E-state index contributed by atoms with van der Waals surface area (Å²) in [5.74, 6) is 0. The van der Waals surface area contributed by atoms with Crippen molar-refractivity contribution in [3.63, 3.8) is 0 Å². The third-order valence-electron chi connectivity index (χ3n) is 6.36. The lowest BCUT2D eigenvalue weighted by Crippen LogP contribution is -2.55. The van der Waals surface area contributed by atoms with Gasteiger partial charge in [-0.05, 0) is 57.1 Å². The highest BCUT2D eigenvalue weighted by Crippen LogP contribution is 2.32. The van der Waals surface area contributed by atoms with E-state index in [0.29, 0.717) is 11.4 Å². The molecule has 2 aromatic rings. The van der Waals surface area contributed by atoms with Gasteiger partial charge >= 0.3 is 0 Å². The molecular weight excluding hydrogens is 356 g/mol. The van der Waals surface area contributed by atoms with Crippen LogP contribution in [0.15, 0.2) is 47.4 Å². The average Bonchev–Trinajstić information content (AvgIpc) is 2.73. The second-order valence-corrected chi connectivity index (χ2v) is 9.85. The number of nitrogens with zero attached hydrogens (tertiary/aromatic N) is 2. The maximum Gasteiger partial charge on any atom is 0.243 e. The summed E-state index contributed by atoms with van der Waals surface area (Å²) in [4.78, 5) is 2.96. The zero-order valence-corrected chi connectivity index (χ0v) is 17.0. The first-order valence-corrected chi connectivity index (χ1v) is 11.8. The van der Waals surface area contributed by atoms with Crippen LogP contribution in [0.25, 0.3) is 10.8 Å². The van der Waals surface area contributed by atoms with E-state index < -0.39 is 10.0 Å². The number of benzene rings is 2. The van der Waals surface area contributed by atoms with E-state index >= 15 is 0 Å². The van der Waals surface area contributed by atoms with E-state index in [0.717, 1.165) is 43.1 Å². The van der Waals surface area contributed by atoms with Gasteiger partial charge in [-0.1, -0.05) is 49.2 Å². The van der Waals surface area contributed by atoms with E-state index in [9.17, 15) is 8.42 Å². The van der Waals surface area contributed by atoms with Gasteiger partial charge in [-0.25, -0.2) is 8.42 Å². The average molecular weight is 387 g/mol. The summed E-state index contributed by atoms with van der Waals surface area (Å²) in [5.41, 5.74) is 0. The van der Waals surface area contributed by atoms with E-state index in [1.165, 1.54) is 19.3 Å². The number of fused-ring (bicyclic) bond motifs is 1. The van der Waals surface area contributed by atoms with Crippen LogP contribution in [0.2, 0.25) is 0 Å². The Balaban J connectivity index is 1.69. The standard InChI is InChI=1S/C22H30N2O2S/c1-18(23-15-6-2-7-16-23)21-13-5-8-17-24(21)27(25,26)22-14-9-11-19-10-3-4-12-20(19)22/h3-4,9-12,14,18,21H,2,5-8,13,15-17H2,1H3. The Hall–Kier alpha value is -1.43. The minimum absolute atomic E-state index is 0.0702. The van der Waals surface area contributed by atoms with Gasteiger partial charge in [0.1, 0.15) is 0 Å². The molecule has 2 saturated heterocycles. The molecule has 146 valence electrons. The van der Waals surface area contributed by atoms with Crippen molar-refractivity contribution in [1.29, 1.82) is 0 Å². The van der Waals surface area contributed by atoms with Crippen molar-refractivity contribution in [3.8, 4) is 0 Å². The van der Waals surface area contributed by atoms with Gasteiger partial charge in [-0.2, -0.15) is 4.31 Å². The first kappa shape index (κ1) is 18.9. The maximum absolute atomic E-state index is 13.7. The summed E-state index contributed by atoms with van der Waals surface area (Å²) in [6.07, 6.45) is 6.78. The lowest BCUT2D eigenvalue weighted by Gasteiger charge is -2.43. The summed E-state index contributed by atoms with van der Waals surface area (Å²) in [5, 5.41) is 1.81. The largest absolute Gasteiger partial charge is 0.299 e. The van der Waals surface area contributed by atoms with Crippen LogP contribution in [0.3, 0.4) is 0 Å². The molecule has 2 atom stereocenters. The molecule has 0 aliphatic carbocycles. The summed E-state index contributed by atoms with van der Waals surface area (Å²) in [6.45, 7) is 5.06. The molecule has 2 unspecified atom stereocenters. The topological polar surface area (TPSA) is 40.6 Å². The van der Waals surface area contributed by atoms with E-state index in [4.69, 9.17) is 0 Å². The second-order valence-electron chi connectivity index (χ2n) is 7.99. The Morgan fingerprint density at radius 2 is 1.59 bits per heavy atom. The van der Waals surface area contributed by atoms with Crippen molar-refractivity contribution >= 4 is 20.8 Å². The highest BCUT2D eigenvalue weighted by molar-refractivity contribution is 7.89. The van der Waals surface area contributed by atoms with E-state index in [-0.39, 0.29) is 12.1 Å². The van der Waals surface area contributed by atoms with E-state index in [1.807, 2.05) is 40.7 Å². The van der Waals surface area contributed by atoms with Gasteiger partial charge in [0.05, 0.1) is 4.90 Å². The first-order chi connectivity index (χ1) is 13.1. The lowest BCUT2D eigenvalue weighted by molar-refractivity contribution is 0.0934. The number of likely N-dealkylation sites (tertiary alicyclic amines) is 1. The maximum atomic E-state index is 13.7. The number of piperidine rings is 2. The van der Waals surface area contributed by atoms with Crippen molar-refractivity contribution in [3.05, 3.63) is 42.5 Å². The van der Waals surface area contributed by atoms with Crippen LogP contribution in [0.1, 0.15) is 45.4 Å². The fourth-order valence-electron chi connectivity index (χ4n) is 4.83. The second kappa shape index (κ2) is 7.90. The summed E-state index contributed by atoms with van der Waals surface area (Å²) in [7, 11) is -3.51. The molecule has 2 aliphatic heterocycles. The predicted molar refractivity (Wildman–Crippen MR) is 110 cm³/mol. The van der Waals surface area contributed by atoms with Crippen molar-refractivity contribution in [1.82, 2.24) is 9.21 Å². The van der Waals surface area contributed by atoms with Gasteiger partial charge in [0.25, 0.3) is 0 Å². The smallest absolute Gasteiger partial charge is 0.243 e. The molecule has 27 heavy (non-hydrogen) atoms. The lowest BCUT2D eigenvalue weighted by atomic mass is 9.96. The van der Waals surface area contributed by atoms with Crippen LogP contribution in [-0.2, 0) is 10.0 Å². The predicted octanol–water partition coefficient (Wildman–Crippen LogP) is 4.26. The highest BCUT2D eigenvalue weighted by Gasteiger charge is 2.38. The molecule has 2 aromatic carbocycles. The van der Waals surface area contributed by atoms with Crippen LogP contribution < -0.4 is 0 Å². The van der Waals surface area contributed by atoms with Crippen LogP contribution >= 0.6 is 0 Å². The zero-order chi connectivity index (χ0) is 18.9. The Kier molecular flexibility index (Phi) is 5.53. The monoisotopic (exact) mass is 386 g/mol. The minimum atomic E-state index is -3.51. The molecule has 2 heterocycles. The molecule has 0 bridgehead atoms. The molecule has 2 fully saturated rings. The first-order valence-electron chi connectivity index (χ1n) is 10.3. The van der Waals surface area contributed by atoms with Gasteiger partial charge in [0.2, 0.25) is 10.0 Å². The van der Waals surface area contributed by atoms with Gasteiger partial charge < -0.3 is 0 Å². The Bertz CT molecular complexity index is 885. The van der Waals surface area contributed by atoms with Crippen LogP contribution in [0, 0.1) is 0 Å². The van der Waals surface area contributed by atoms with Crippen LogP contribution in [-0.4, -0.2) is 49.3 Å². The minimum Gasteiger partial charge on any atom is -0.299 e. The van der Waals surface area contributed by atoms with Crippen LogP contribution in [0.5, 0.6) is 0 Å². The van der Waals surface area contributed by atoms with Gasteiger partial charge in [-0.15, -0.1) is 0 Å². The Labute approximate surface area is 163 Å². The van der Waals surface area contributed by atoms with Crippen molar-refractivity contribution in [2.24, 2.45) is 0 Å². The fourth-order valence-corrected chi connectivity index (χ4v) is 6.80. The van der Waals surface area contributed by atoms with Gasteiger partial charge in [-0.3, -0.25) is 4.90 Å². The molecular formula is C22H30N2O2S. The number of hydrogen-bond donors (Lipinski definition) is 0. The molecule has 0 radical (unpaired) electrons. The van der Waals surface area contributed by atoms with E-state index in [2.05, 4.69) is 11.8 Å². The molecule has 5 heteroatoms. The fraction of sp³-hybridized carbons (Fsp3) is 0.545. The third-order valence-corrected chi connectivity index (χ3v) is 8.34. The quantitative estimate of drug-likeness (QED) is 0.788. The summed E-state index contributed by atoms with van der Waals surface area (Å²) >= 11 is 0. The third kappa shape index (κ3) is 3.65. The number of rotatable bonds is 4. The SMILES string of the molecule is CC(C1CCCCN1S(=O)(=O)c1cccc2ccccc12)N1CCCCC1. The molecule has 2 aliphatic rings. The summed E-state index contributed by atoms with van der Waals surface area (Å²) < 4.78 is 29.2. The van der Waals surface area contributed by atoms with Crippen molar-refractivity contribution in [2.75, 3.05) is 19.6 Å².